The summed E-state index contributed by atoms with van der Waals surface area (Å²) in [5.74, 6) is -0.315. The second-order valence-electron chi connectivity index (χ2n) is 6.60. The number of piperidine rings is 1. The zero-order valence-electron chi connectivity index (χ0n) is 14.9. The van der Waals surface area contributed by atoms with Crippen molar-refractivity contribution >= 4 is 23.5 Å². The molecule has 10 nitrogen and oxygen atoms in total. The number of rotatable bonds is 5. The van der Waals surface area contributed by atoms with Gasteiger partial charge in [0, 0.05) is 29.4 Å². The van der Waals surface area contributed by atoms with E-state index in [1.165, 1.54) is 0 Å². The third-order valence-electron chi connectivity index (χ3n) is 4.48. The number of aromatic nitrogens is 3. The van der Waals surface area contributed by atoms with Gasteiger partial charge in [-0.3, -0.25) is 9.59 Å². The molecule has 1 N–H and O–H groups in total. The van der Waals surface area contributed by atoms with Crippen molar-refractivity contribution in [2.24, 2.45) is 5.92 Å². The highest BCUT2D eigenvalue weighted by Gasteiger charge is 2.21. The Hall–Kier alpha value is -3.30. The van der Waals surface area contributed by atoms with Gasteiger partial charge in [0.2, 0.25) is 12.2 Å². The van der Waals surface area contributed by atoms with Gasteiger partial charge in [-0.2, -0.15) is 4.68 Å². The summed E-state index contributed by atoms with van der Waals surface area (Å²) in [6, 6.07) is 6.66. The molecule has 1 saturated heterocycles. The van der Waals surface area contributed by atoms with E-state index < -0.39 is 16.8 Å². The number of carbonyl (C=O) groups is 2. The fourth-order valence-electron chi connectivity index (χ4n) is 2.88. The first kappa shape index (κ1) is 18.5. The minimum absolute atomic E-state index is 0.00491. The molecule has 2 amide bonds. The van der Waals surface area contributed by atoms with Crippen LogP contribution in [-0.2, 0) is 11.3 Å². The molecule has 1 aliphatic heterocycles. The quantitative estimate of drug-likeness (QED) is 0.629. The van der Waals surface area contributed by atoms with E-state index in [1.807, 2.05) is 4.90 Å². The van der Waals surface area contributed by atoms with Gasteiger partial charge in [-0.25, -0.2) is 0 Å². The van der Waals surface area contributed by atoms with Crippen LogP contribution in [0.4, 0.5) is 11.6 Å². The zero-order chi connectivity index (χ0) is 19.4. The first-order valence-electron chi connectivity index (χ1n) is 8.65. The van der Waals surface area contributed by atoms with E-state index >= 15 is 0 Å². The van der Waals surface area contributed by atoms with Crippen LogP contribution >= 0.6 is 0 Å². The minimum Gasteiger partial charge on any atom is -0.390 e. The summed E-state index contributed by atoms with van der Waals surface area (Å²) < 4.78 is 1.09. The fourth-order valence-corrected chi connectivity index (χ4v) is 2.88. The van der Waals surface area contributed by atoms with Crippen LogP contribution in [0.1, 0.15) is 30.1 Å². The maximum atomic E-state index is 12.5. The topological polar surface area (TPSA) is 123 Å². The molecule has 3 rings (SSSR count). The SMILES string of the molecule is CC1CCN(C(=O)c2ccc(NC(=O)Cn3cnc([N+](=O)[O-])n3)cc2)CC1. The standard InChI is InChI=1S/C17H20N6O4/c1-12-6-8-21(9-7-12)16(25)13-2-4-14(5-3-13)19-15(24)10-22-11-18-17(20-22)23(26)27/h2-5,11-12H,6-10H2,1H3,(H,19,24). The molecule has 0 aliphatic carbocycles. The van der Waals surface area contributed by atoms with Crippen molar-refractivity contribution in [3.05, 3.63) is 46.3 Å². The van der Waals surface area contributed by atoms with Gasteiger partial charge < -0.3 is 20.3 Å². The van der Waals surface area contributed by atoms with Crippen molar-refractivity contribution < 1.29 is 14.5 Å². The van der Waals surface area contributed by atoms with Crippen molar-refractivity contribution in [2.75, 3.05) is 18.4 Å². The summed E-state index contributed by atoms with van der Waals surface area (Å²) in [6.07, 6.45) is 3.15. The van der Waals surface area contributed by atoms with Crippen molar-refractivity contribution in [1.29, 1.82) is 0 Å². The molecule has 1 fully saturated rings. The smallest absolute Gasteiger partial charge is 0.390 e. The molecule has 142 valence electrons. The number of hydrogen-bond donors (Lipinski definition) is 1. The first-order valence-corrected chi connectivity index (χ1v) is 8.65. The molecular weight excluding hydrogens is 352 g/mol. The van der Waals surface area contributed by atoms with Gasteiger partial charge in [-0.15, -0.1) is 0 Å². The van der Waals surface area contributed by atoms with E-state index in [9.17, 15) is 19.7 Å². The third kappa shape index (κ3) is 4.66. The molecule has 0 atom stereocenters. The lowest BCUT2D eigenvalue weighted by atomic mass is 9.98. The monoisotopic (exact) mass is 372 g/mol. The van der Waals surface area contributed by atoms with Gasteiger partial charge in [0.1, 0.15) is 6.54 Å². The van der Waals surface area contributed by atoms with Crippen LogP contribution in [0.3, 0.4) is 0 Å². The number of nitrogens with zero attached hydrogens (tertiary/aromatic N) is 5. The van der Waals surface area contributed by atoms with Crippen molar-refractivity contribution in [3.63, 3.8) is 0 Å². The second-order valence-corrected chi connectivity index (χ2v) is 6.60. The van der Waals surface area contributed by atoms with E-state index in [0.717, 1.165) is 36.9 Å². The first-order chi connectivity index (χ1) is 12.9. The number of nitrogens with one attached hydrogen (secondary N) is 1. The van der Waals surface area contributed by atoms with Crippen LogP contribution in [-0.4, -0.2) is 49.5 Å². The van der Waals surface area contributed by atoms with E-state index in [0.29, 0.717) is 17.2 Å². The van der Waals surface area contributed by atoms with E-state index in [4.69, 9.17) is 0 Å². The maximum Gasteiger partial charge on any atom is 0.490 e. The molecule has 2 heterocycles. The summed E-state index contributed by atoms with van der Waals surface area (Å²) in [5.41, 5.74) is 1.10. The van der Waals surface area contributed by atoms with Gasteiger partial charge in [-0.05, 0) is 47.9 Å². The lowest BCUT2D eigenvalue weighted by Gasteiger charge is -2.30. The summed E-state index contributed by atoms with van der Waals surface area (Å²) in [7, 11) is 0. The Morgan fingerprint density at radius 3 is 2.52 bits per heavy atom. The Kier molecular flexibility index (Phi) is 5.43. The third-order valence-corrected chi connectivity index (χ3v) is 4.48. The Morgan fingerprint density at radius 1 is 1.26 bits per heavy atom. The average Bonchev–Trinajstić information content (AvgIpc) is 3.11. The Morgan fingerprint density at radius 2 is 1.93 bits per heavy atom. The van der Waals surface area contributed by atoms with Crippen LogP contribution in [0.5, 0.6) is 0 Å². The van der Waals surface area contributed by atoms with Crippen molar-refractivity contribution in [3.8, 4) is 0 Å². The number of hydrogen-bond acceptors (Lipinski definition) is 6. The second kappa shape index (κ2) is 7.94. The normalized spacial score (nSPS) is 14.8. The molecule has 0 bridgehead atoms. The zero-order valence-corrected chi connectivity index (χ0v) is 14.9. The number of amides is 2. The number of benzene rings is 1. The van der Waals surface area contributed by atoms with Crippen molar-refractivity contribution in [2.45, 2.75) is 26.3 Å². The van der Waals surface area contributed by atoms with Crippen LogP contribution in [0.2, 0.25) is 0 Å². The highest BCUT2D eigenvalue weighted by Crippen LogP contribution is 2.19. The molecule has 0 spiro atoms. The maximum absolute atomic E-state index is 12.5. The van der Waals surface area contributed by atoms with E-state index in [-0.39, 0.29) is 12.5 Å². The molecule has 0 radical (unpaired) electrons. The Bertz CT molecular complexity index is 839. The van der Waals surface area contributed by atoms with Gasteiger partial charge >= 0.3 is 5.95 Å². The summed E-state index contributed by atoms with van der Waals surface area (Å²) in [5, 5.41) is 16.8. The van der Waals surface area contributed by atoms with Gasteiger partial charge in [0.25, 0.3) is 5.91 Å². The van der Waals surface area contributed by atoms with Crippen LogP contribution in [0.25, 0.3) is 0 Å². The van der Waals surface area contributed by atoms with E-state index in [2.05, 4.69) is 22.3 Å². The van der Waals surface area contributed by atoms with Crippen molar-refractivity contribution in [1.82, 2.24) is 19.7 Å². The average molecular weight is 372 g/mol. The predicted molar refractivity (Wildman–Crippen MR) is 96.0 cm³/mol. The number of nitro groups is 1. The van der Waals surface area contributed by atoms with Crippen LogP contribution < -0.4 is 5.32 Å². The minimum atomic E-state index is -0.729. The van der Waals surface area contributed by atoms with Gasteiger partial charge in [0.15, 0.2) is 0 Å². The lowest BCUT2D eigenvalue weighted by molar-refractivity contribution is -0.394. The Labute approximate surface area is 155 Å². The number of carbonyl (C=O) groups excluding carboxylic acids is 2. The summed E-state index contributed by atoms with van der Waals surface area (Å²) >= 11 is 0. The van der Waals surface area contributed by atoms with Gasteiger partial charge in [-0.1, -0.05) is 11.9 Å². The molecule has 0 saturated carbocycles. The van der Waals surface area contributed by atoms with Gasteiger partial charge in [0.05, 0.1) is 0 Å². The molecule has 0 unspecified atom stereocenters. The molecule has 1 aromatic carbocycles. The molecule has 1 aliphatic rings. The molecule has 1 aromatic heterocycles. The molecular formula is C17H20N6O4. The van der Waals surface area contributed by atoms with Crippen LogP contribution in [0, 0.1) is 16.0 Å². The molecule has 27 heavy (non-hydrogen) atoms. The highest BCUT2D eigenvalue weighted by molar-refractivity contribution is 5.95. The largest absolute Gasteiger partial charge is 0.490 e. The molecule has 10 heteroatoms. The lowest BCUT2D eigenvalue weighted by Crippen LogP contribution is -2.37. The number of anilines is 1. The van der Waals surface area contributed by atoms with E-state index in [1.54, 1.807) is 24.3 Å². The molecule has 2 aromatic rings. The highest BCUT2D eigenvalue weighted by atomic mass is 16.6. The predicted octanol–water partition coefficient (Wildman–Crippen LogP) is 1.70. The fraction of sp³-hybridized carbons (Fsp3) is 0.412. The number of likely N-dealkylation sites (tertiary alicyclic amines) is 1. The van der Waals surface area contributed by atoms with Crippen LogP contribution in [0.15, 0.2) is 30.6 Å². The summed E-state index contributed by atoms with van der Waals surface area (Å²) in [4.78, 5) is 39.7. The summed E-state index contributed by atoms with van der Waals surface area (Å²) in [6.45, 7) is 3.52. The Balaban J connectivity index is 1.55.